The molecule has 0 aromatic heterocycles. The molecule has 1 fully saturated rings. The lowest BCUT2D eigenvalue weighted by molar-refractivity contribution is -0.157. The number of rotatable bonds is 7. The van der Waals surface area contributed by atoms with E-state index >= 15 is 0 Å². The van der Waals surface area contributed by atoms with Gasteiger partial charge in [-0.3, -0.25) is 9.59 Å². The van der Waals surface area contributed by atoms with E-state index < -0.39 is 23.3 Å². The van der Waals surface area contributed by atoms with Crippen molar-refractivity contribution >= 4 is 17.8 Å². The van der Waals surface area contributed by atoms with E-state index in [1.54, 1.807) is 20.8 Å². The summed E-state index contributed by atoms with van der Waals surface area (Å²) in [7, 11) is 0. The van der Waals surface area contributed by atoms with Gasteiger partial charge in [0, 0.05) is 6.04 Å². The SMILES string of the molecule is CC(=O)C(CCC[C@@H]1CC[C@@H](C(=O)OC(C)(C)C)N1)NC(=O)OC(C)(C)C. The van der Waals surface area contributed by atoms with Gasteiger partial charge in [0.25, 0.3) is 0 Å². The van der Waals surface area contributed by atoms with Gasteiger partial charge in [-0.2, -0.15) is 0 Å². The highest BCUT2D eigenvalue weighted by molar-refractivity contribution is 5.85. The number of hydrogen-bond acceptors (Lipinski definition) is 6. The number of hydrogen-bond donors (Lipinski definition) is 2. The Kier molecular flexibility index (Phi) is 8.26. The summed E-state index contributed by atoms with van der Waals surface area (Å²) >= 11 is 0. The summed E-state index contributed by atoms with van der Waals surface area (Å²) in [5.41, 5.74) is -1.09. The molecule has 3 atom stereocenters. The lowest BCUT2D eigenvalue weighted by Gasteiger charge is -2.23. The van der Waals surface area contributed by atoms with E-state index in [-0.39, 0.29) is 23.8 Å². The number of Topliss-reactive ketones (excluding diaryl/α,β-unsaturated/α-hetero) is 1. The van der Waals surface area contributed by atoms with Crippen LogP contribution in [-0.2, 0) is 19.1 Å². The smallest absolute Gasteiger partial charge is 0.408 e. The summed E-state index contributed by atoms with van der Waals surface area (Å²) in [5.74, 6) is -0.301. The number of esters is 1. The predicted molar refractivity (Wildman–Crippen MR) is 103 cm³/mol. The maximum Gasteiger partial charge on any atom is 0.408 e. The zero-order valence-corrected chi connectivity index (χ0v) is 17.8. The average Bonchev–Trinajstić information content (AvgIpc) is 2.91. The Bertz CT molecular complexity index is 533. The number of ketones is 1. The first-order valence-electron chi connectivity index (χ1n) is 9.76. The van der Waals surface area contributed by atoms with Crippen LogP contribution >= 0.6 is 0 Å². The molecule has 1 amide bonds. The maximum atomic E-state index is 12.1. The summed E-state index contributed by atoms with van der Waals surface area (Å²) in [6.45, 7) is 12.4. The number of ether oxygens (including phenoxy) is 2. The second-order valence-electron chi connectivity index (χ2n) is 9.27. The van der Waals surface area contributed by atoms with Crippen molar-refractivity contribution in [3.63, 3.8) is 0 Å². The van der Waals surface area contributed by atoms with E-state index in [0.29, 0.717) is 6.42 Å². The average molecular weight is 385 g/mol. The first-order chi connectivity index (χ1) is 12.3. The van der Waals surface area contributed by atoms with E-state index in [2.05, 4.69) is 10.6 Å². The molecule has 0 radical (unpaired) electrons. The molecule has 27 heavy (non-hydrogen) atoms. The summed E-state index contributed by atoms with van der Waals surface area (Å²) in [4.78, 5) is 35.8. The maximum absolute atomic E-state index is 12.1. The fraction of sp³-hybridized carbons (Fsp3) is 0.850. The van der Waals surface area contributed by atoms with E-state index in [1.165, 1.54) is 6.92 Å². The van der Waals surface area contributed by atoms with Gasteiger partial charge >= 0.3 is 12.1 Å². The van der Waals surface area contributed by atoms with Crippen LogP contribution < -0.4 is 10.6 Å². The molecular weight excluding hydrogens is 348 g/mol. The standard InChI is InChI=1S/C20H36N2O5/c1-13(23)15(22-18(25)27-20(5,6)7)10-8-9-14-11-12-16(21-14)17(24)26-19(2,3)4/h14-16,21H,8-12H2,1-7H3,(H,22,25)/t14-,15?,16+/m1/s1. The second kappa shape index (κ2) is 9.53. The van der Waals surface area contributed by atoms with Crippen LogP contribution in [0.2, 0.25) is 0 Å². The highest BCUT2D eigenvalue weighted by Crippen LogP contribution is 2.20. The van der Waals surface area contributed by atoms with Gasteiger partial charge in [0.15, 0.2) is 5.78 Å². The fourth-order valence-electron chi connectivity index (χ4n) is 3.00. The van der Waals surface area contributed by atoms with Gasteiger partial charge in [0.1, 0.15) is 17.2 Å². The van der Waals surface area contributed by atoms with Crippen LogP contribution in [0, 0.1) is 0 Å². The molecule has 1 rings (SSSR count). The number of amides is 1. The van der Waals surface area contributed by atoms with Gasteiger partial charge in [-0.1, -0.05) is 0 Å². The lowest BCUT2D eigenvalue weighted by atomic mass is 10.0. The van der Waals surface area contributed by atoms with Gasteiger partial charge in [0.05, 0.1) is 6.04 Å². The van der Waals surface area contributed by atoms with Gasteiger partial charge in [-0.25, -0.2) is 4.79 Å². The molecule has 7 nitrogen and oxygen atoms in total. The molecule has 0 spiro atoms. The number of nitrogens with one attached hydrogen (secondary N) is 2. The molecular formula is C20H36N2O5. The molecule has 1 saturated heterocycles. The Hall–Kier alpha value is -1.63. The monoisotopic (exact) mass is 384 g/mol. The van der Waals surface area contributed by atoms with E-state index in [9.17, 15) is 14.4 Å². The topological polar surface area (TPSA) is 93.7 Å². The Balaban J connectivity index is 2.39. The van der Waals surface area contributed by atoms with Crippen molar-refractivity contribution in [2.75, 3.05) is 0 Å². The van der Waals surface area contributed by atoms with Gasteiger partial charge in [0.2, 0.25) is 0 Å². The van der Waals surface area contributed by atoms with Crippen LogP contribution in [0.5, 0.6) is 0 Å². The Labute approximate surface area is 162 Å². The zero-order chi connectivity index (χ0) is 20.8. The van der Waals surface area contributed by atoms with Crippen molar-refractivity contribution in [2.24, 2.45) is 0 Å². The van der Waals surface area contributed by atoms with E-state index in [0.717, 1.165) is 25.7 Å². The summed E-state index contributed by atoms with van der Waals surface area (Å²) in [6.07, 6.45) is 3.22. The molecule has 1 unspecified atom stereocenters. The Morgan fingerprint density at radius 1 is 1.04 bits per heavy atom. The summed E-state index contributed by atoms with van der Waals surface area (Å²) in [5, 5.41) is 5.96. The van der Waals surface area contributed by atoms with Gasteiger partial charge < -0.3 is 20.1 Å². The molecule has 1 heterocycles. The molecule has 1 aliphatic heterocycles. The minimum absolute atomic E-state index is 0.0909. The Morgan fingerprint density at radius 3 is 2.15 bits per heavy atom. The highest BCUT2D eigenvalue weighted by Gasteiger charge is 2.32. The van der Waals surface area contributed by atoms with Crippen LogP contribution in [0.4, 0.5) is 4.79 Å². The number of carbonyl (C=O) groups is 3. The molecule has 0 bridgehead atoms. The van der Waals surface area contributed by atoms with Crippen molar-refractivity contribution in [1.82, 2.24) is 10.6 Å². The van der Waals surface area contributed by atoms with Crippen molar-refractivity contribution in [2.45, 2.75) is 110 Å². The minimum Gasteiger partial charge on any atom is -0.459 e. The number of alkyl carbamates (subject to hydrolysis) is 1. The molecule has 0 saturated carbocycles. The van der Waals surface area contributed by atoms with E-state index in [1.807, 2.05) is 20.8 Å². The number of carbonyl (C=O) groups excluding carboxylic acids is 3. The fourth-order valence-corrected chi connectivity index (χ4v) is 3.00. The predicted octanol–water partition coefficient (Wildman–Crippen LogP) is 3.10. The highest BCUT2D eigenvalue weighted by atomic mass is 16.6. The zero-order valence-electron chi connectivity index (χ0n) is 17.8. The first kappa shape index (κ1) is 23.4. The molecule has 2 N–H and O–H groups in total. The largest absolute Gasteiger partial charge is 0.459 e. The van der Waals surface area contributed by atoms with Crippen LogP contribution in [0.25, 0.3) is 0 Å². The van der Waals surface area contributed by atoms with Gasteiger partial charge in [-0.05, 0) is 80.6 Å². The van der Waals surface area contributed by atoms with Crippen LogP contribution in [-0.4, -0.2) is 47.2 Å². The molecule has 0 aromatic carbocycles. The molecule has 156 valence electrons. The summed E-state index contributed by atoms with van der Waals surface area (Å²) < 4.78 is 10.6. The summed E-state index contributed by atoms with van der Waals surface area (Å²) in [6, 6.07) is -0.600. The van der Waals surface area contributed by atoms with Crippen molar-refractivity contribution in [3.05, 3.63) is 0 Å². The van der Waals surface area contributed by atoms with Gasteiger partial charge in [-0.15, -0.1) is 0 Å². The lowest BCUT2D eigenvalue weighted by Crippen LogP contribution is -2.43. The van der Waals surface area contributed by atoms with Crippen molar-refractivity contribution in [3.8, 4) is 0 Å². The second-order valence-corrected chi connectivity index (χ2v) is 9.27. The minimum atomic E-state index is -0.601. The third-order valence-corrected chi connectivity index (χ3v) is 4.16. The Morgan fingerprint density at radius 2 is 1.63 bits per heavy atom. The van der Waals surface area contributed by atoms with Crippen molar-refractivity contribution < 1.29 is 23.9 Å². The third kappa shape index (κ3) is 9.75. The molecule has 7 heteroatoms. The molecule has 1 aliphatic rings. The van der Waals surface area contributed by atoms with E-state index in [4.69, 9.17) is 9.47 Å². The third-order valence-electron chi connectivity index (χ3n) is 4.16. The van der Waals surface area contributed by atoms with Crippen LogP contribution in [0.3, 0.4) is 0 Å². The first-order valence-corrected chi connectivity index (χ1v) is 9.76. The quantitative estimate of drug-likeness (QED) is 0.655. The van der Waals surface area contributed by atoms with Crippen molar-refractivity contribution in [1.29, 1.82) is 0 Å². The molecule has 0 aromatic rings. The molecule has 0 aliphatic carbocycles. The van der Waals surface area contributed by atoms with Crippen LogP contribution in [0.15, 0.2) is 0 Å². The van der Waals surface area contributed by atoms with Crippen LogP contribution in [0.1, 0.15) is 80.6 Å². The normalized spacial score (nSPS) is 21.4.